The number of aliphatic hydroxyl groups excluding tert-OH is 2. The van der Waals surface area contributed by atoms with Crippen molar-refractivity contribution >= 4 is 47.8 Å². The number of carbonyl (C=O) groups excluding carboxylic acids is 1. The van der Waals surface area contributed by atoms with Crippen LogP contribution in [-0.2, 0) is 28.4 Å². The lowest BCUT2D eigenvalue weighted by Gasteiger charge is -2.26. The number of fused-ring (bicyclic) bond motifs is 1. The fourth-order valence-corrected chi connectivity index (χ4v) is 7.31. The maximum Gasteiger partial charge on any atom is 0.323 e. The van der Waals surface area contributed by atoms with Gasteiger partial charge < -0.3 is 39.4 Å². The largest absolute Gasteiger partial charge is 0.480 e. The number of hydrogen-bond donors (Lipinski definition) is 6. The molecule has 0 amide bonds. The minimum absolute atomic E-state index is 0.0132. The lowest BCUT2D eigenvalue weighted by Crippen LogP contribution is -2.42. The number of esters is 1. The number of rotatable bonds is 14. The van der Waals surface area contributed by atoms with Crippen LogP contribution >= 0.6 is 19.0 Å². The minimum Gasteiger partial charge on any atom is -0.480 e. The number of nitrogens with zero attached hydrogens (tertiary/aromatic N) is 3. The minimum atomic E-state index is -3.82. The molecule has 15 nitrogen and oxygen atoms in total. The topological polar surface area (TPSA) is 206 Å². The molecule has 0 radical (unpaired) electrons. The van der Waals surface area contributed by atoms with E-state index in [9.17, 15) is 29.5 Å². The number of hydrogen-bond acceptors (Lipinski definition) is 11. The van der Waals surface area contributed by atoms with Gasteiger partial charge in [0, 0.05) is 12.2 Å². The summed E-state index contributed by atoms with van der Waals surface area (Å²) in [6, 6.07) is -0.212. The number of ether oxygens (including phenoxy) is 3. The normalized spacial score (nSPS) is 25.8. The third kappa shape index (κ3) is 7.58. The van der Waals surface area contributed by atoms with Gasteiger partial charge >= 0.3 is 11.9 Å². The Morgan fingerprint density at radius 1 is 1.19 bits per heavy atom. The maximum atomic E-state index is 13.5. The third-order valence-corrected chi connectivity index (χ3v) is 9.55. The Labute approximate surface area is 247 Å². The molecule has 1 aliphatic carbocycles. The van der Waals surface area contributed by atoms with E-state index in [-0.39, 0.29) is 24.5 Å². The zero-order valence-corrected chi connectivity index (χ0v) is 25.3. The standard InChI is InChI=1S/C25H38ClN6O9P/c1-4-40-24(37)14(3)31-42(38,30-13(2)23(35)36)12-39-11-17-18(33)19(34)22(41-17)32-10-9-16-20(27-15-7-5-6-8-15)28-25(26)29-21(16)32/h9-10,13-15,17-19,22,33-34H,4-8,11-12H2,1-3H3,(H,35,36)(H,27,28,29)(H2,30,31,38)/t13-,14-,17+,18+,19+,22+,42?/m0/s1. The van der Waals surface area contributed by atoms with E-state index < -0.39 is 62.4 Å². The summed E-state index contributed by atoms with van der Waals surface area (Å²) in [5, 5.41) is 40.1. The zero-order chi connectivity index (χ0) is 30.6. The van der Waals surface area contributed by atoms with E-state index in [1.807, 2.05) is 0 Å². The van der Waals surface area contributed by atoms with Crippen molar-refractivity contribution in [3.8, 4) is 0 Å². The van der Waals surface area contributed by atoms with Crippen molar-refractivity contribution in [3.05, 3.63) is 17.5 Å². The van der Waals surface area contributed by atoms with Gasteiger partial charge in [-0.1, -0.05) is 12.8 Å². The smallest absolute Gasteiger partial charge is 0.323 e. The Balaban J connectivity index is 1.45. The summed E-state index contributed by atoms with van der Waals surface area (Å²) < 4.78 is 31.6. The zero-order valence-electron chi connectivity index (χ0n) is 23.6. The molecule has 0 spiro atoms. The van der Waals surface area contributed by atoms with Crippen LogP contribution < -0.4 is 15.5 Å². The van der Waals surface area contributed by atoms with E-state index in [1.165, 1.54) is 13.8 Å². The van der Waals surface area contributed by atoms with Crippen LogP contribution in [0.25, 0.3) is 11.0 Å². The number of aliphatic carboxylic acids is 1. The van der Waals surface area contributed by atoms with E-state index in [4.69, 9.17) is 25.8 Å². The number of carboxylic acids is 1. The molecule has 1 unspecified atom stereocenters. The molecule has 2 fully saturated rings. The van der Waals surface area contributed by atoms with Crippen LogP contribution in [0.3, 0.4) is 0 Å². The molecular formula is C25H38ClN6O9P. The Morgan fingerprint density at radius 2 is 1.88 bits per heavy atom. The predicted octanol–water partition coefficient (Wildman–Crippen LogP) is 1.83. The van der Waals surface area contributed by atoms with Crippen molar-refractivity contribution in [2.24, 2.45) is 0 Å². The molecule has 234 valence electrons. The predicted molar refractivity (Wildman–Crippen MR) is 152 cm³/mol. The van der Waals surface area contributed by atoms with Crippen LogP contribution in [0.4, 0.5) is 5.82 Å². The fourth-order valence-electron chi connectivity index (χ4n) is 5.09. The van der Waals surface area contributed by atoms with Crippen molar-refractivity contribution in [1.29, 1.82) is 0 Å². The molecule has 6 N–H and O–H groups in total. The van der Waals surface area contributed by atoms with Gasteiger partial charge in [0.15, 0.2) is 6.23 Å². The number of anilines is 1. The van der Waals surface area contributed by atoms with E-state index >= 15 is 0 Å². The molecule has 1 saturated heterocycles. The van der Waals surface area contributed by atoms with Crippen molar-refractivity contribution < 1.29 is 43.7 Å². The first-order valence-corrected chi connectivity index (χ1v) is 16.1. The second kappa shape index (κ2) is 14.0. The molecule has 1 aliphatic heterocycles. The molecule has 3 heterocycles. The van der Waals surface area contributed by atoms with Gasteiger partial charge in [0.05, 0.1) is 18.6 Å². The van der Waals surface area contributed by atoms with Gasteiger partial charge in [-0.2, -0.15) is 4.98 Å². The van der Waals surface area contributed by atoms with Gasteiger partial charge in [0.1, 0.15) is 48.2 Å². The van der Waals surface area contributed by atoms with Gasteiger partial charge in [-0.05, 0) is 51.3 Å². The molecule has 17 heteroatoms. The van der Waals surface area contributed by atoms with Crippen molar-refractivity contribution in [1.82, 2.24) is 24.7 Å². The van der Waals surface area contributed by atoms with Gasteiger partial charge in [-0.3, -0.25) is 14.2 Å². The molecule has 42 heavy (non-hydrogen) atoms. The first-order valence-electron chi connectivity index (χ1n) is 13.9. The van der Waals surface area contributed by atoms with Gasteiger partial charge in [0.2, 0.25) is 12.7 Å². The highest BCUT2D eigenvalue weighted by Gasteiger charge is 2.45. The molecule has 0 aromatic carbocycles. The monoisotopic (exact) mass is 632 g/mol. The SMILES string of the molecule is CCOC(=O)[C@H](C)NP(=O)(COC[C@H]1O[C@@H](n2ccc3c(NC4CCCC4)nc(Cl)nc32)[C@H](O)[C@@H]1O)N[C@@H](C)C(=O)O. The van der Waals surface area contributed by atoms with Crippen LogP contribution in [0.15, 0.2) is 12.3 Å². The van der Waals surface area contributed by atoms with Gasteiger partial charge in [-0.25, -0.2) is 15.2 Å². The van der Waals surface area contributed by atoms with E-state index in [0.29, 0.717) is 16.9 Å². The summed E-state index contributed by atoms with van der Waals surface area (Å²) in [6.07, 6.45) is 0.598. The van der Waals surface area contributed by atoms with Crippen LogP contribution in [0.1, 0.15) is 52.7 Å². The number of carbonyl (C=O) groups is 2. The quantitative estimate of drug-likeness (QED) is 0.0998. The lowest BCUT2D eigenvalue weighted by atomic mass is 10.1. The second-order valence-electron chi connectivity index (χ2n) is 10.5. The number of aromatic nitrogens is 3. The van der Waals surface area contributed by atoms with E-state index in [1.54, 1.807) is 23.8 Å². The molecule has 2 aromatic rings. The number of aliphatic hydroxyl groups is 2. The molecule has 7 atom stereocenters. The highest BCUT2D eigenvalue weighted by molar-refractivity contribution is 7.59. The molecule has 1 saturated carbocycles. The van der Waals surface area contributed by atoms with Crippen molar-refractivity contribution in [2.45, 2.75) is 89.1 Å². The summed E-state index contributed by atoms with van der Waals surface area (Å²) in [5.41, 5.74) is 0.404. The molecule has 2 aromatic heterocycles. The third-order valence-electron chi connectivity index (χ3n) is 7.22. The molecular weight excluding hydrogens is 595 g/mol. The van der Waals surface area contributed by atoms with Crippen LogP contribution in [0.5, 0.6) is 0 Å². The summed E-state index contributed by atoms with van der Waals surface area (Å²) in [5.74, 6) is -1.36. The lowest BCUT2D eigenvalue weighted by molar-refractivity contribution is -0.144. The van der Waals surface area contributed by atoms with Crippen molar-refractivity contribution in [3.63, 3.8) is 0 Å². The van der Waals surface area contributed by atoms with Crippen LogP contribution in [0, 0.1) is 0 Å². The maximum absolute atomic E-state index is 13.5. The van der Waals surface area contributed by atoms with Crippen LogP contribution in [0.2, 0.25) is 5.28 Å². The molecule has 2 aliphatic rings. The van der Waals surface area contributed by atoms with Gasteiger partial charge in [-0.15, -0.1) is 0 Å². The Bertz CT molecular complexity index is 1310. The number of nitrogens with one attached hydrogen (secondary N) is 3. The fraction of sp³-hybridized carbons (Fsp3) is 0.680. The summed E-state index contributed by atoms with van der Waals surface area (Å²) in [6.45, 7) is 4.15. The Kier molecular flexibility index (Phi) is 10.8. The highest BCUT2D eigenvalue weighted by atomic mass is 35.5. The molecule has 0 bridgehead atoms. The Hall–Kier alpha value is -2.36. The Morgan fingerprint density at radius 3 is 2.55 bits per heavy atom. The van der Waals surface area contributed by atoms with E-state index in [0.717, 1.165) is 25.7 Å². The second-order valence-corrected chi connectivity index (χ2v) is 13.1. The molecule has 4 rings (SSSR count). The first-order chi connectivity index (χ1) is 19.9. The average Bonchev–Trinajstić information content (AvgIpc) is 3.65. The van der Waals surface area contributed by atoms with E-state index in [2.05, 4.69) is 25.5 Å². The first kappa shape index (κ1) is 32.6. The number of halogens is 1. The van der Waals surface area contributed by atoms with Gasteiger partial charge in [0.25, 0.3) is 0 Å². The summed E-state index contributed by atoms with van der Waals surface area (Å²) >= 11 is 6.23. The van der Waals surface area contributed by atoms with Crippen LogP contribution in [-0.4, -0.2) is 97.8 Å². The number of carboxylic acid groups (broad SMARTS) is 1. The summed E-state index contributed by atoms with van der Waals surface area (Å²) in [4.78, 5) is 32.1. The van der Waals surface area contributed by atoms with Crippen molar-refractivity contribution in [2.75, 3.05) is 24.9 Å². The highest BCUT2D eigenvalue weighted by Crippen LogP contribution is 2.39. The average molecular weight is 633 g/mol. The summed E-state index contributed by atoms with van der Waals surface area (Å²) in [7, 11) is -3.82.